The molecule has 0 bridgehead atoms. The Bertz CT molecular complexity index is 299. The highest BCUT2D eigenvalue weighted by Gasteiger charge is 2.40. The number of hydrogen-bond donors (Lipinski definition) is 0. The third-order valence-corrected chi connectivity index (χ3v) is 4.30. The van der Waals surface area contributed by atoms with Crippen molar-refractivity contribution in [3.05, 3.63) is 11.1 Å². The van der Waals surface area contributed by atoms with E-state index in [0.29, 0.717) is 0 Å². The largest absolute Gasteiger partial charge is 0.291 e. The van der Waals surface area contributed by atoms with Gasteiger partial charge in [0.25, 0.3) is 0 Å². The molecule has 0 saturated carbocycles. The third kappa shape index (κ3) is 1.78. The number of hydrogen-bond acceptors (Lipinski definition) is 4. The van der Waals surface area contributed by atoms with Crippen molar-refractivity contribution in [1.82, 2.24) is 14.5 Å². The summed E-state index contributed by atoms with van der Waals surface area (Å²) in [5.74, 6) is 0. The standard InChI is InChI=1S/C9H14ClN3S/c1-9(2)8(10)3-4-13(9)5-7-6-14-12-11-7/h6,8H,3-5H2,1-2H3. The Hall–Kier alpha value is -0.190. The molecule has 1 aromatic rings. The molecule has 0 spiro atoms. The zero-order chi connectivity index (χ0) is 10.2. The quantitative estimate of drug-likeness (QED) is 0.731. The third-order valence-electron chi connectivity index (χ3n) is 2.99. The van der Waals surface area contributed by atoms with Crippen LogP contribution >= 0.6 is 23.1 Å². The normalized spacial score (nSPS) is 26.9. The summed E-state index contributed by atoms with van der Waals surface area (Å²) in [6.07, 6.45) is 1.06. The van der Waals surface area contributed by atoms with Gasteiger partial charge in [-0.05, 0) is 31.8 Å². The Morgan fingerprint density at radius 1 is 1.71 bits per heavy atom. The Morgan fingerprint density at radius 3 is 3.00 bits per heavy atom. The summed E-state index contributed by atoms with van der Waals surface area (Å²) in [7, 11) is 0. The van der Waals surface area contributed by atoms with Gasteiger partial charge < -0.3 is 0 Å². The van der Waals surface area contributed by atoms with Gasteiger partial charge in [0.15, 0.2) is 0 Å². The number of nitrogens with zero attached hydrogens (tertiary/aromatic N) is 3. The summed E-state index contributed by atoms with van der Waals surface area (Å²) in [6.45, 7) is 6.31. The molecule has 5 heteroatoms. The van der Waals surface area contributed by atoms with Gasteiger partial charge in [-0.3, -0.25) is 4.90 Å². The molecule has 1 aromatic heterocycles. The fraction of sp³-hybridized carbons (Fsp3) is 0.778. The number of rotatable bonds is 2. The van der Waals surface area contributed by atoms with E-state index in [2.05, 4.69) is 28.3 Å². The van der Waals surface area contributed by atoms with Crippen LogP contribution in [0.4, 0.5) is 0 Å². The predicted octanol–water partition coefficient (Wildman–Crippen LogP) is 2.13. The molecule has 78 valence electrons. The first-order chi connectivity index (χ1) is 6.60. The average Bonchev–Trinajstić information content (AvgIpc) is 2.70. The van der Waals surface area contributed by atoms with Crippen LogP contribution in [0.3, 0.4) is 0 Å². The van der Waals surface area contributed by atoms with Crippen molar-refractivity contribution < 1.29 is 0 Å². The summed E-state index contributed by atoms with van der Waals surface area (Å²) in [6, 6.07) is 0. The van der Waals surface area contributed by atoms with Crippen molar-refractivity contribution >= 4 is 23.1 Å². The highest BCUT2D eigenvalue weighted by molar-refractivity contribution is 7.03. The highest BCUT2D eigenvalue weighted by atomic mass is 35.5. The molecule has 0 N–H and O–H groups in total. The fourth-order valence-corrected chi connectivity index (χ4v) is 2.52. The lowest BCUT2D eigenvalue weighted by Gasteiger charge is -2.32. The van der Waals surface area contributed by atoms with E-state index < -0.39 is 0 Å². The molecule has 0 aromatic carbocycles. The molecule has 1 unspecified atom stereocenters. The second kappa shape index (κ2) is 3.76. The van der Waals surface area contributed by atoms with E-state index in [0.717, 1.165) is 25.2 Å². The summed E-state index contributed by atoms with van der Waals surface area (Å²) >= 11 is 7.67. The molecular formula is C9H14ClN3S. The van der Waals surface area contributed by atoms with Crippen LogP contribution in [-0.2, 0) is 6.54 Å². The van der Waals surface area contributed by atoms with Crippen molar-refractivity contribution in [2.45, 2.75) is 37.7 Å². The lowest BCUT2D eigenvalue weighted by atomic mass is 10.0. The van der Waals surface area contributed by atoms with E-state index in [9.17, 15) is 0 Å². The van der Waals surface area contributed by atoms with E-state index in [1.54, 1.807) is 0 Å². The molecule has 0 aliphatic carbocycles. The second-order valence-corrected chi connectivity index (χ2v) is 5.36. The molecule has 1 aliphatic heterocycles. The first-order valence-corrected chi connectivity index (χ1v) is 6.03. The highest BCUT2D eigenvalue weighted by Crippen LogP contribution is 2.33. The fourth-order valence-electron chi connectivity index (χ4n) is 1.84. The maximum atomic E-state index is 6.26. The first kappa shape index (κ1) is 10.3. The van der Waals surface area contributed by atoms with Crippen LogP contribution in [0.15, 0.2) is 5.38 Å². The molecule has 0 radical (unpaired) electrons. The zero-order valence-corrected chi connectivity index (χ0v) is 9.98. The maximum Gasteiger partial charge on any atom is 0.0895 e. The molecule has 0 amide bonds. The molecule has 1 atom stereocenters. The molecule has 2 rings (SSSR count). The summed E-state index contributed by atoms with van der Waals surface area (Å²) in [4.78, 5) is 2.38. The minimum absolute atomic E-state index is 0.0746. The lowest BCUT2D eigenvalue weighted by molar-refractivity contribution is 0.166. The van der Waals surface area contributed by atoms with Crippen LogP contribution < -0.4 is 0 Å². The van der Waals surface area contributed by atoms with Gasteiger partial charge in [0, 0.05) is 24.0 Å². The van der Waals surface area contributed by atoms with Crippen LogP contribution in [-0.4, -0.2) is 31.9 Å². The van der Waals surface area contributed by atoms with Crippen molar-refractivity contribution in [2.75, 3.05) is 6.54 Å². The van der Waals surface area contributed by atoms with Crippen molar-refractivity contribution in [3.8, 4) is 0 Å². The zero-order valence-electron chi connectivity index (χ0n) is 8.40. The molecule has 2 heterocycles. The van der Waals surface area contributed by atoms with Crippen LogP contribution in [0.2, 0.25) is 0 Å². The maximum absolute atomic E-state index is 6.26. The van der Waals surface area contributed by atoms with E-state index >= 15 is 0 Å². The molecular weight excluding hydrogens is 218 g/mol. The predicted molar refractivity (Wildman–Crippen MR) is 58.7 cm³/mol. The van der Waals surface area contributed by atoms with E-state index in [-0.39, 0.29) is 10.9 Å². The molecule has 1 saturated heterocycles. The van der Waals surface area contributed by atoms with Gasteiger partial charge in [-0.15, -0.1) is 16.7 Å². The summed E-state index contributed by atoms with van der Waals surface area (Å²) in [5.41, 5.74) is 1.12. The van der Waals surface area contributed by atoms with Gasteiger partial charge in [-0.1, -0.05) is 4.49 Å². The summed E-state index contributed by atoms with van der Waals surface area (Å²) < 4.78 is 3.86. The van der Waals surface area contributed by atoms with Gasteiger partial charge in [0.05, 0.1) is 11.1 Å². The van der Waals surface area contributed by atoms with E-state index in [4.69, 9.17) is 11.6 Å². The topological polar surface area (TPSA) is 29.0 Å². The van der Waals surface area contributed by atoms with E-state index in [1.165, 1.54) is 11.5 Å². The average molecular weight is 232 g/mol. The second-order valence-electron chi connectivity index (χ2n) is 4.23. The molecule has 3 nitrogen and oxygen atoms in total. The van der Waals surface area contributed by atoms with Crippen LogP contribution in [0.1, 0.15) is 26.0 Å². The monoisotopic (exact) mass is 231 g/mol. The smallest absolute Gasteiger partial charge is 0.0895 e. The Morgan fingerprint density at radius 2 is 2.50 bits per heavy atom. The van der Waals surface area contributed by atoms with E-state index in [1.807, 2.05) is 5.38 Å². The minimum Gasteiger partial charge on any atom is -0.291 e. The molecule has 14 heavy (non-hydrogen) atoms. The number of aromatic nitrogens is 2. The van der Waals surface area contributed by atoms with Crippen molar-refractivity contribution in [2.24, 2.45) is 0 Å². The van der Waals surface area contributed by atoms with Crippen LogP contribution in [0, 0.1) is 0 Å². The Balaban J connectivity index is 2.06. The molecule has 1 aliphatic rings. The first-order valence-electron chi connectivity index (χ1n) is 4.76. The van der Waals surface area contributed by atoms with Gasteiger partial charge in [-0.25, -0.2) is 0 Å². The van der Waals surface area contributed by atoms with Gasteiger partial charge in [-0.2, -0.15) is 0 Å². The Labute approximate surface area is 93.2 Å². The van der Waals surface area contributed by atoms with Gasteiger partial charge in [0.2, 0.25) is 0 Å². The van der Waals surface area contributed by atoms with Crippen LogP contribution in [0.25, 0.3) is 0 Å². The number of alkyl halides is 1. The molecule has 1 fully saturated rings. The number of halogens is 1. The minimum atomic E-state index is 0.0746. The SMILES string of the molecule is CC1(C)C(Cl)CCN1Cc1csnn1. The van der Waals surface area contributed by atoms with Crippen LogP contribution in [0.5, 0.6) is 0 Å². The Kier molecular flexibility index (Phi) is 2.77. The van der Waals surface area contributed by atoms with Crippen molar-refractivity contribution in [1.29, 1.82) is 0 Å². The lowest BCUT2D eigenvalue weighted by Crippen LogP contribution is -2.42. The number of likely N-dealkylation sites (tertiary alicyclic amines) is 1. The van der Waals surface area contributed by atoms with Gasteiger partial charge >= 0.3 is 0 Å². The summed E-state index contributed by atoms with van der Waals surface area (Å²) in [5, 5.41) is 6.30. The van der Waals surface area contributed by atoms with Crippen molar-refractivity contribution in [3.63, 3.8) is 0 Å². The van der Waals surface area contributed by atoms with Gasteiger partial charge in [0.1, 0.15) is 0 Å².